The number of hydrogen-bond acceptors (Lipinski definition) is 3. The number of nitrogens with one attached hydrogen (secondary N) is 1. The Balaban J connectivity index is 1.80. The highest BCUT2D eigenvalue weighted by Crippen LogP contribution is 2.34. The molecule has 0 spiro atoms. The van der Waals surface area contributed by atoms with E-state index in [-0.39, 0.29) is 17.4 Å². The summed E-state index contributed by atoms with van der Waals surface area (Å²) in [6, 6.07) is 18.3. The highest BCUT2D eigenvalue weighted by atomic mass is 16.5. The van der Waals surface area contributed by atoms with Gasteiger partial charge in [-0.05, 0) is 50.6 Å². The van der Waals surface area contributed by atoms with Crippen LogP contribution in [0.25, 0.3) is 0 Å². The lowest BCUT2D eigenvalue weighted by Gasteiger charge is -2.38. The third-order valence-corrected chi connectivity index (χ3v) is 5.68. The smallest absolute Gasteiger partial charge is 0.241 e. The Hall–Kier alpha value is -2.17. The molecule has 4 heteroatoms. The van der Waals surface area contributed by atoms with Crippen LogP contribution < -0.4 is 5.32 Å². The van der Waals surface area contributed by atoms with E-state index in [1.54, 1.807) is 0 Å². The molecule has 1 saturated heterocycles. The SMILES string of the molecule is Cc1ccccc1[C@H](C(=O)NCC1(c2ccccc2)CCOCC1)N(C)C. The third-order valence-electron chi connectivity index (χ3n) is 5.68. The Bertz CT molecular complexity index is 752. The normalized spacial score (nSPS) is 17.5. The maximum Gasteiger partial charge on any atom is 0.241 e. The minimum absolute atomic E-state index is 0.0519. The minimum Gasteiger partial charge on any atom is -0.381 e. The second kappa shape index (κ2) is 8.68. The van der Waals surface area contributed by atoms with E-state index in [1.165, 1.54) is 5.56 Å². The highest BCUT2D eigenvalue weighted by molar-refractivity contribution is 5.83. The second-order valence-corrected chi connectivity index (χ2v) is 7.70. The van der Waals surface area contributed by atoms with Crippen molar-refractivity contribution in [2.75, 3.05) is 33.9 Å². The fourth-order valence-corrected chi connectivity index (χ4v) is 4.02. The molecule has 1 aliphatic heterocycles. The topological polar surface area (TPSA) is 41.6 Å². The fourth-order valence-electron chi connectivity index (χ4n) is 4.02. The van der Waals surface area contributed by atoms with Crippen molar-refractivity contribution in [3.8, 4) is 0 Å². The van der Waals surface area contributed by atoms with E-state index in [0.29, 0.717) is 6.54 Å². The summed E-state index contributed by atoms with van der Waals surface area (Å²) in [4.78, 5) is 15.2. The summed E-state index contributed by atoms with van der Waals surface area (Å²) in [7, 11) is 3.91. The molecule has 0 unspecified atom stereocenters. The van der Waals surface area contributed by atoms with Crippen LogP contribution in [0.15, 0.2) is 54.6 Å². The van der Waals surface area contributed by atoms with Gasteiger partial charge in [0.25, 0.3) is 0 Å². The van der Waals surface area contributed by atoms with Crippen LogP contribution in [0.1, 0.15) is 35.6 Å². The van der Waals surface area contributed by atoms with E-state index in [2.05, 4.69) is 42.6 Å². The van der Waals surface area contributed by atoms with Gasteiger partial charge in [-0.3, -0.25) is 9.69 Å². The van der Waals surface area contributed by atoms with Gasteiger partial charge >= 0.3 is 0 Å². The highest BCUT2D eigenvalue weighted by Gasteiger charge is 2.36. The number of likely N-dealkylation sites (N-methyl/N-ethyl adjacent to an activating group) is 1. The molecule has 144 valence electrons. The first-order valence-corrected chi connectivity index (χ1v) is 9.66. The van der Waals surface area contributed by atoms with Gasteiger partial charge in [0.05, 0.1) is 0 Å². The molecule has 27 heavy (non-hydrogen) atoms. The predicted octanol–water partition coefficient (Wildman–Crippen LogP) is 3.46. The summed E-state index contributed by atoms with van der Waals surface area (Å²) in [5, 5.41) is 3.26. The molecule has 1 fully saturated rings. The molecule has 2 aromatic rings. The van der Waals surface area contributed by atoms with Crippen molar-refractivity contribution in [2.24, 2.45) is 0 Å². The van der Waals surface area contributed by atoms with Gasteiger partial charge in [-0.15, -0.1) is 0 Å². The van der Waals surface area contributed by atoms with Crippen molar-refractivity contribution in [3.05, 3.63) is 71.3 Å². The summed E-state index contributed by atoms with van der Waals surface area (Å²) >= 11 is 0. The van der Waals surface area contributed by atoms with Crippen LogP contribution in [0.3, 0.4) is 0 Å². The molecule has 0 aliphatic carbocycles. The van der Waals surface area contributed by atoms with E-state index in [4.69, 9.17) is 4.74 Å². The lowest BCUT2D eigenvalue weighted by atomic mass is 9.74. The third kappa shape index (κ3) is 4.40. The van der Waals surface area contributed by atoms with Crippen LogP contribution in [0.4, 0.5) is 0 Å². The number of benzene rings is 2. The van der Waals surface area contributed by atoms with Crippen molar-refractivity contribution >= 4 is 5.91 Å². The van der Waals surface area contributed by atoms with Crippen molar-refractivity contribution in [2.45, 2.75) is 31.2 Å². The molecular weight excluding hydrogens is 336 g/mol. The maximum atomic E-state index is 13.2. The zero-order valence-corrected chi connectivity index (χ0v) is 16.6. The molecule has 0 aromatic heterocycles. The van der Waals surface area contributed by atoms with Crippen molar-refractivity contribution in [1.82, 2.24) is 10.2 Å². The van der Waals surface area contributed by atoms with Gasteiger partial charge in [-0.2, -0.15) is 0 Å². The summed E-state index contributed by atoms with van der Waals surface area (Å²) in [5.41, 5.74) is 3.42. The molecule has 3 rings (SSSR count). The Morgan fingerprint density at radius 2 is 1.70 bits per heavy atom. The van der Waals surface area contributed by atoms with Crippen LogP contribution in [0.5, 0.6) is 0 Å². The van der Waals surface area contributed by atoms with Crippen molar-refractivity contribution in [3.63, 3.8) is 0 Å². The van der Waals surface area contributed by atoms with E-state index < -0.39 is 0 Å². The lowest BCUT2D eigenvalue weighted by molar-refractivity contribution is -0.126. The number of ether oxygens (including phenoxy) is 1. The summed E-state index contributed by atoms with van der Waals surface area (Å²) < 4.78 is 5.60. The van der Waals surface area contributed by atoms with Crippen LogP contribution in [-0.2, 0) is 14.9 Å². The zero-order valence-electron chi connectivity index (χ0n) is 16.6. The summed E-state index contributed by atoms with van der Waals surface area (Å²) in [6.45, 7) is 4.16. The first kappa shape index (κ1) is 19.6. The van der Waals surface area contributed by atoms with Gasteiger partial charge < -0.3 is 10.1 Å². The molecule has 1 N–H and O–H groups in total. The molecular formula is C23H30N2O2. The Kier molecular flexibility index (Phi) is 6.30. The molecule has 0 saturated carbocycles. The van der Waals surface area contributed by atoms with Crippen LogP contribution in [-0.4, -0.2) is 44.7 Å². The van der Waals surface area contributed by atoms with E-state index >= 15 is 0 Å². The molecule has 1 amide bonds. The van der Waals surface area contributed by atoms with Gasteiger partial charge in [0.2, 0.25) is 5.91 Å². The quantitative estimate of drug-likeness (QED) is 0.851. The average Bonchev–Trinajstić information content (AvgIpc) is 2.69. The molecule has 0 radical (unpaired) electrons. The molecule has 1 aliphatic rings. The van der Waals surface area contributed by atoms with Gasteiger partial charge in [-0.25, -0.2) is 0 Å². The van der Waals surface area contributed by atoms with Crippen LogP contribution >= 0.6 is 0 Å². The number of nitrogens with zero attached hydrogens (tertiary/aromatic N) is 1. The first-order valence-electron chi connectivity index (χ1n) is 9.66. The van der Waals surface area contributed by atoms with E-state index in [9.17, 15) is 4.79 Å². The molecule has 4 nitrogen and oxygen atoms in total. The average molecular weight is 367 g/mol. The van der Waals surface area contributed by atoms with E-state index in [1.807, 2.05) is 43.3 Å². The summed E-state index contributed by atoms with van der Waals surface area (Å²) in [6.07, 6.45) is 1.85. The summed E-state index contributed by atoms with van der Waals surface area (Å²) in [5.74, 6) is 0.0519. The number of carbonyl (C=O) groups is 1. The fraction of sp³-hybridized carbons (Fsp3) is 0.435. The number of amides is 1. The van der Waals surface area contributed by atoms with Gasteiger partial charge in [0.1, 0.15) is 6.04 Å². The Labute approximate surface area is 162 Å². The van der Waals surface area contributed by atoms with Crippen LogP contribution in [0, 0.1) is 6.92 Å². The number of rotatable bonds is 6. The van der Waals surface area contributed by atoms with Crippen LogP contribution in [0.2, 0.25) is 0 Å². The molecule has 1 atom stereocenters. The Morgan fingerprint density at radius 3 is 2.33 bits per heavy atom. The van der Waals surface area contributed by atoms with Gasteiger partial charge in [0, 0.05) is 25.2 Å². The van der Waals surface area contributed by atoms with Crippen molar-refractivity contribution in [1.29, 1.82) is 0 Å². The second-order valence-electron chi connectivity index (χ2n) is 7.70. The zero-order chi connectivity index (χ0) is 19.3. The number of hydrogen-bond donors (Lipinski definition) is 1. The van der Waals surface area contributed by atoms with E-state index in [0.717, 1.165) is 37.2 Å². The van der Waals surface area contributed by atoms with Gasteiger partial charge in [-0.1, -0.05) is 54.6 Å². The lowest BCUT2D eigenvalue weighted by Crippen LogP contribution is -2.47. The van der Waals surface area contributed by atoms with Gasteiger partial charge in [0.15, 0.2) is 0 Å². The Morgan fingerprint density at radius 1 is 1.07 bits per heavy atom. The monoisotopic (exact) mass is 366 g/mol. The molecule has 2 aromatic carbocycles. The standard InChI is InChI=1S/C23H30N2O2/c1-18-9-7-8-12-20(18)21(25(2)3)22(26)24-17-23(13-15-27-16-14-23)19-10-5-4-6-11-19/h4-12,21H,13-17H2,1-3H3,(H,24,26)/t21-/m1/s1. The number of aryl methyl sites for hydroxylation is 1. The largest absolute Gasteiger partial charge is 0.381 e. The minimum atomic E-state index is -0.293. The first-order chi connectivity index (χ1) is 13.0. The predicted molar refractivity (Wildman–Crippen MR) is 109 cm³/mol. The maximum absolute atomic E-state index is 13.2. The molecule has 0 bridgehead atoms. The van der Waals surface area contributed by atoms with Crippen molar-refractivity contribution < 1.29 is 9.53 Å². The molecule has 1 heterocycles. The number of carbonyl (C=O) groups excluding carboxylic acids is 1.